The third-order valence-corrected chi connectivity index (χ3v) is 11.6. The number of amides is 3. The number of nitrogens with one attached hydrogen (secondary N) is 3. The highest BCUT2D eigenvalue weighted by Gasteiger charge is 2.61. The van der Waals surface area contributed by atoms with Crippen molar-refractivity contribution in [1.82, 2.24) is 16.0 Å². The summed E-state index contributed by atoms with van der Waals surface area (Å²) >= 11 is 0. The van der Waals surface area contributed by atoms with Crippen LogP contribution in [-0.4, -0.2) is 275 Å². The van der Waals surface area contributed by atoms with Gasteiger partial charge in [0.15, 0.2) is 18.9 Å². The molecular formula is C38H60F3N3O26. The minimum atomic E-state index is -5.42. The van der Waals surface area contributed by atoms with Crippen LogP contribution < -0.4 is 16.0 Å². The van der Waals surface area contributed by atoms with Crippen LogP contribution in [0.5, 0.6) is 0 Å². The molecule has 4 aliphatic heterocycles. The maximum atomic E-state index is 13.3. The van der Waals surface area contributed by atoms with Crippen molar-refractivity contribution in [2.45, 2.75) is 167 Å². The van der Waals surface area contributed by atoms with Gasteiger partial charge in [0, 0.05) is 20.3 Å². The Hall–Kier alpha value is -3.43. The van der Waals surface area contributed by atoms with Crippen molar-refractivity contribution < 1.29 is 142 Å². The molecule has 0 aromatic carbocycles. The molecule has 4 saturated heterocycles. The zero-order chi connectivity index (χ0) is 52.7. The lowest BCUT2D eigenvalue weighted by molar-refractivity contribution is -0.401. The van der Waals surface area contributed by atoms with Gasteiger partial charge in [0.1, 0.15) is 91.5 Å². The Morgan fingerprint density at radius 2 is 1.29 bits per heavy atom. The predicted octanol–water partition coefficient (Wildman–Crippen LogP) is -9.64. The van der Waals surface area contributed by atoms with E-state index < -0.39 is 210 Å². The fourth-order valence-corrected chi connectivity index (χ4v) is 8.01. The first-order chi connectivity index (χ1) is 32.7. The van der Waals surface area contributed by atoms with Gasteiger partial charge in [-0.1, -0.05) is 6.08 Å². The number of carbonyl (C=O) groups is 4. The maximum Gasteiger partial charge on any atom is 0.471 e. The SMILES string of the molecule is C=C[C@@H](O)[C@H](CO[C@@H]1O[C@H](CO)[C@@H](O[C@@H]2O[C@H](CO)[C@H](O[C@@H]3O[C@H](CO)[C@H](O)[C@H](O)[C@H]3NC(C)=O)[C@H](O[C@]3(C(=O)O)C[C@H](O)[C@@H](NC(C)=O)[C@H]([C@H](O)[C@H](O)CO)O3)[C@H]2O)[C@H](O)[C@H]1O)NC(=O)C(F)(F)F. The molecule has 0 aromatic rings. The van der Waals surface area contributed by atoms with E-state index in [-0.39, 0.29) is 0 Å². The molecule has 29 nitrogen and oxygen atoms in total. The number of hydrogen-bond donors (Lipinski definition) is 17. The summed E-state index contributed by atoms with van der Waals surface area (Å²) in [4.78, 5) is 49.3. The summed E-state index contributed by atoms with van der Waals surface area (Å²) in [6.07, 6.45) is -46.2. The van der Waals surface area contributed by atoms with Crippen molar-refractivity contribution in [3.05, 3.63) is 12.7 Å². The lowest BCUT2D eigenvalue weighted by Crippen LogP contribution is -2.72. The van der Waals surface area contributed by atoms with Crippen LogP contribution >= 0.6 is 0 Å². The normalized spacial score (nSPS) is 40.0. The molecule has 4 rings (SSSR count). The third-order valence-electron chi connectivity index (χ3n) is 11.6. The van der Waals surface area contributed by atoms with Crippen LogP contribution in [0.25, 0.3) is 0 Å². The molecule has 4 heterocycles. The van der Waals surface area contributed by atoms with Gasteiger partial charge in [-0.15, -0.1) is 6.58 Å². The highest BCUT2D eigenvalue weighted by atomic mass is 19.4. The summed E-state index contributed by atoms with van der Waals surface area (Å²) in [5.74, 6) is -9.74. The summed E-state index contributed by atoms with van der Waals surface area (Å²) in [6, 6.07) is -5.40. The monoisotopic (exact) mass is 1030 g/mol. The van der Waals surface area contributed by atoms with Crippen molar-refractivity contribution in [3.63, 3.8) is 0 Å². The Bertz CT molecular complexity index is 1760. The Morgan fingerprint density at radius 1 is 0.743 bits per heavy atom. The molecule has 0 aromatic heterocycles. The summed E-state index contributed by atoms with van der Waals surface area (Å²) < 4.78 is 84.5. The van der Waals surface area contributed by atoms with Gasteiger partial charge in [-0.25, -0.2) is 4.79 Å². The molecule has 0 spiro atoms. The minimum Gasteiger partial charge on any atom is -0.477 e. The molecule has 0 radical (unpaired) electrons. The van der Waals surface area contributed by atoms with E-state index in [1.807, 2.05) is 0 Å². The van der Waals surface area contributed by atoms with Gasteiger partial charge in [-0.3, -0.25) is 14.4 Å². The van der Waals surface area contributed by atoms with Crippen LogP contribution in [-0.2, 0) is 57.1 Å². The van der Waals surface area contributed by atoms with E-state index in [0.717, 1.165) is 19.9 Å². The van der Waals surface area contributed by atoms with Crippen LogP contribution in [0.15, 0.2) is 12.7 Å². The maximum absolute atomic E-state index is 13.3. The van der Waals surface area contributed by atoms with Crippen molar-refractivity contribution in [1.29, 1.82) is 0 Å². The second-order valence-electron chi connectivity index (χ2n) is 16.7. The second-order valence-corrected chi connectivity index (χ2v) is 16.7. The smallest absolute Gasteiger partial charge is 0.471 e. The summed E-state index contributed by atoms with van der Waals surface area (Å²) in [7, 11) is 0. The molecule has 0 bridgehead atoms. The minimum absolute atomic E-state index is 0.732. The van der Waals surface area contributed by atoms with Gasteiger partial charge in [0.25, 0.3) is 5.79 Å². The molecular weight excluding hydrogens is 971 g/mol. The van der Waals surface area contributed by atoms with Crippen LogP contribution in [0.1, 0.15) is 20.3 Å². The van der Waals surface area contributed by atoms with Gasteiger partial charge in [0.05, 0.1) is 57.3 Å². The molecule has 0 aliphatic carbocycles. The van der Waals surface area contributed by atoms with E-state index in [1.54, 1.807) is 0 Å². The highest BCUT2D eigenvalue weighted by Crippen LogP contribution is 2.40. The molecule has 23 atom stereocenters. The fraction of sp³-hybridized carbons (Fsp3) is 0.842. The number of halogens is 3. The fourth-order valence-electron chi connectivity index (χ4n) is 8.01. The number of ether oxygens (including phenoxy) is 8. The Labute approximate surface area is 393 Å². The molecule has 404 valence electrons. The summed E-state index contributed by atoms with van der Waals surface area (Å²) in [5.41, 5.74) is 0. The first kappa shape index (κ1) is 59.1. The molecule has 32 heteroatoms. The summed E-state index contributed by atoms with van der Waals surface area (Å²) in [5, 5.41) is 156. The number of alkyl halides is 3. The number of aliphatic carboxylic acids is 1. The van der Waals surface area contributed by atoms with Crippen molar-refractivity contribution in [2.24, 2.45) is 0 Å². The Balaban J connectivity index is 1.76. The van der Waals surface area contributed by atoms with Gasteiger partial charge in [0.2, 0.25) is 11.8 Å². The van der Waals surface area contributed by atoms with E-state index in [9.17, 15) is 104 Å². The van der Waals surface area contributed by atoms with Crippen LogP contribution in [0, 0.1) is 0 Å². The number of carboxylic acids is 1. The molecule has 0 unspecified atom stereocenters. The molecule has 4 aliphatic rings. The van der Waals surface area contributed by atoms with Gasteiger partial charge in [-0.05, 0) is 0 Å². The van der Waals surface area contributed by atoms with Crippen molar-refractivity contribution in [2.75, 3.05) is 33.0 Å². The summed E-state index contributed by atoms with van der Waals surface area (Å²) in [6.45, 7) is -0.494. The standard InChI is InChI=1S/C38H60F3N3O26/c1-4-14(51)13(44-35(60)38(39,40)41)10-63-33-26(58)25(57)28(18(8-47)65-33)67-34-27(59)31(29(19(9-48)66-34)68-32-21(43-12(3)50)24(56)23(55)17(7-46)64-32)70-37(36(61)62)5-15(52)20(42-11(2)49)30(69-37)22(54)16(53)6-45/h4,13-34,45-48,51-59H,1,5-10H2,2-3H3,(H,42,49)(H,43,50)(H,44,60)(H,61,62)/t13-,14+,15-,16+,17+,18+,19+,20+,21+,22+,23-,24+,25+,26+,27+,28+,29-,30+,31+,32-,33+,34-,37-/m0/s1. The Morgan fingerprint density at radius 3 is 1.81 bits per heavy atom. The lowest BCUT2D eigenvalue weighted by Gasteiger charge is -2.52. The average Bonchev–Trinajstić information content (AvgIpc) is 3.30. The first-order valence-corrected chi connectivity index (χ1v) is 21.3. The van der Waals surface area contributed by atoms with E-state index in [4.69, 9.17) is 37.9 Å². The Kier molecular flexibility index (Phi) is 21.1. The number of hydrogen-bond acceptors (Lipinski definition) is 25. The van der Waals surface area contributed by atoms with Crippen LogP contribution in [0.3, 0.4) is 0 Å². The van der Waals surface area contributed by atoms with E-state index >= 15 is 0 Å². The van der Waals surface area contributed by atoms with Crippen molar-refractivity contribution in [3.8, 4) is 0 Å². The van der Waals surface area contributed by atoms with E-state index in [2.05, 4.69) is 17.2 Å². The van der Waals surface area contributed by atoms with Crippen LogP contribution in [0.2, 0.25) is 0 Å². The number of aliphatic hydroxyl groups is 13. The third kappa shape index (κ3) is 13.6. The number of rotatable bonds is 21. The predicted molar refractivity (Wildman–Crippen MR) is 212 cm³/mol. The van der Waals surface area contributed by atoms with Crippen LogP contribution in [0.4, 0.5) is 13.2 Å². The van der Waals surface area contributed by atoms with E-state index in [1.165, 1.54) is 5.32 Å². The van der Waals surface area contributed by atoms with E-state index in [0.29, 0.717) is 0 Å². The molecule has 4 fully saturated rings. The average molecular weight is 1030 g/mol. The van der Waals surface area contributed by atoms with Crippen molar-refractivity contribution >= 4 is 23.7 Å². The zero-order valence-electron chi connectivity index (χ0n) is 37.0. The van der Waals surface area contributed by atoms with Gasteiger partial charge in [-0.2, -0.15) is 13.2 Å². The van der Waals surface area contributed by atoms with Gasteiger partial charge < -0.3 is 125 Å². The van der Waals surface area contributed by atoms with Gasteiger partial charge >= 0.3 is 18.1 Å². The molecule has 17 N–H and O–H groups in total. The number of aliphatic hydroxyl groups excluding tert-OH is 13. The molecule has 3 amide bonds. The molecule has 0 saturated carbocycles. The first-order valence-electron chi connectivity index (χ1n) is 21.3. The lowest BCUT2D eigenvalue weighted by atomic mass is 9.88. The second kappa shape index (κ2) is 25.0. The number of carbonyl (C=O) groups excluding carboxylic acids is 3. The largest absolute Gasteiger partial charge is 0.477 e. The quantitative estimate of drug-likeness (QED) is 0.0475. The highest BCUT2D eigenvalue weighted by molar-refractivity contribution is 5.82. The molecule has 70 heavy (non-hydrogen) atoms. The zero-order valence-corrected chi connectivity index (χ0v) is 37.0. The number of carboxylic acid groups (broad SMARTS) is 1. The topological polar surface area (TPSA) is 461 Å².